The van der Waals surface area contributed by atoms with Crippen molar-refractivity contribution in [2.75, 3.05) is 13.2 Å². The van der Waals surface area contributed by atoms with Gasteiger partial charge < -0.3 is 14.8 Å². The maximum Gasteiger partial charge on any atom is 0.338 e. The Morgan fingerprint density at radius 3 is 2.38 bits per heavy atom. The van der Waals surface area contributed by atoms with Gasteiger partial charge in [-0.2, -0.15) is 0 Å². The van der Waals surface area contributed by atoms with Gasteiger partial charge in [-0.05, 0) is 31.6 Å². The van der Waals surface area contributed by atoms with Crippen LogP contribution in [0.3, 0.4) is 0 Å². The van der Waals surface area contributed by atoms with E-state index < -0.39 is 48.1 Å². The molecule has 0 spiro atoms. The maximum absolute atomic E-state index is 12.5. The Bertz CT molecular complexity index is 522. The van der Waals surface area contributed by atoms with Crippen LogP contribution in [0.15, 0.2) is 0 Å². The zero-order valence-corrected chi connectivity index (χ0v) is 15.3. The van der Waals surface area contributed by atoms with Crippen molar-refractivity contribution in [2.24, 2.45) is 17.8 Å². The Kier molecular flexibility index (Phi) is 7.08. The molecule has 3 atom stereocenters. The molecule has 0 unspecified atom stereocenters. The molecule has 1 rings (SSSR count). The lowest BCUT2D eigenvalue weighted by atomic mass is 9.90. The van der Waals surface area contributed by atoms with Gasteiger partial charge in [0.1, 0.15) is 0 Å². The van der Waals surface area contributed by atoms with Gasteiger partial charge in [0.2, 0.25) is 5.91 Å². The second-order valence-electron chi connectivity index (χ2n) is 6.75. The molecule has 6 heteroatoms. The van der Waals surface area contributed by atoms with E-state index in [1.54, 1.807) is 20.8 Å². The van der Waals surface area contributed by atoms with E-state index in [2.05, 4.69) is 5.32 Å². The first-order valence-corrected chi connectivity index (χ1v) is 8.64. The summed E-state index contributed by atoms with van der Waals surface area (Å²) in [5.74, 6) is -2.70. The zero-order chi connectivity index (χ0) is 20.1. The van der Waals surface area contributed by atoms with Gasteiger partial charge in [-0.3, -0.25) is 9.59 Å². The largest absolute Gasteiger partial charge is 0.464 e. The molecule has 1 amide bonds. The standard InChI is InChI=1S/C18H31NO5/c1-6-23-18(22)16-15(24-16)14(20)10-13(9-12(4)5)17(21)19-8-7-11(2)3/h11-13,15-16H,6-10H2,1-5H3,(H,19,21)/t13-,15-,16+/m1/s1/i9D2. The summed E-state index contributed by atoms with van der Waals surface area (Å²) in [7, 11) is 0. The van der Waals surface area contributed by atoms with Gasteiger partial charge in [0.05, 0.1) is 6.61 Å². The molecule has 0 aromatic heterocycles. The maximum atomic E-state index is 12.5. The molecular weight excluding hydrogens is 310 g/mol. The number of nitrogens with one attached hydrogen (secondary N) is 1. The summed E-state index contributed by atoms with van der Waals surface area (Å²) < 4.78 is 26.4. The van der Waals surface area contributed by atoms with Crippen LogP contribution in [-0.2, 0) is 23.9 Å². The lowest BCUT2D eigenvalue weighted by Gasteiger charge is -2.18. The molecule has 0 bridgehead atoms. The molecular formula is C18H31NO5. The van der Waals surface area contributed by atoms with Crippen LogP contribution in [0.2, 0.25) is 0 Å². The van der Waals surface area contributed by atoms with E-state index in [1.165, 1.54) is 0 Å². The Hall–Kier alpha value is -1.43. The van der Waals surface area contributed by atoms with Gasteiger partial charge >= 0.3 is 5.97 Å². The second kappa shape index (κ2) is 9.77. The predicted octanol–water partition coefficient (Wildman–Crippen LogP) is 2.10. The molecule has 1 fully saturated rings. The van der Waals surface area contributed by atoms with Crippen LogP contribution in [-0.4, -0.2) is 43.0 Å². The highest BCUT2D eigenvalue weighted by Gasteiger charge is 2.51. The van der Waals surface area contributed by atoms with Gasteiger partial charge in [-0.15, -0.1) is 0 Å². The highest BCUT2D eigenvalue weighted by Crippen LogP contribution is 2.28. The SMILES string of the molecule is [2H]C([2H])(C(C)C)[C@H](CC(=O)[C@H]1O[C@@H]1C(=O)OCC)C(=O)NCCC(C)C. The lowest BCUT2D eigenvalue weighted by Crippen LogP contribution is -2.35. The number of esters is 1. The number of epoxide rings is 1. The summed E-state index contributed by atoms with van der Waals surface area (Å²) in [6.07, 6.45) is -3.26. The van der Waals surface area contributed by atoms with Gasteiger partial charge in [0, 0.05) is 21.6 Å². The number of carbonyl (C=O) groups excluding carboxylic acids is 3. The summed E-state index contributed by atoms with van der Waals surface area (Å²) in [6, 6.07) is 0. The monoisotopic (exact) mass is 343 g/mol. The highest BCUT2D eigenvalue weighted by atomic mass is 16.6. The van der Waals surface area contributed by atoms with Crippen LogP contribution in [0.5, 0.6) is 0 Å². The first-order valence-electron chi connectivity index (χ1n) is 9.64. The molecule has 1 saturated heterocycles. The van der Waals surface area contributed by atoms with Crippen LogP contribution < -0.4 is 5.32 Å². The summed E-state index contributed by atoms with van der Waals surface area (Å²) in [4.78, 5) is 36.5. The van der Waals surface area contributed by atoms with Crippen molar-refractivity contribution in [3.05, 3.63) is 0 Å². The minimum absolute atomic E-state index is 0.191. The molecule has 0 radical (unpaired) electrons. The first-order chi connectivity index (χ1) is 12.0. The van der Waals surface area contributed by atoms with E-state index in [9.17, 15) is 14.4 Å². The number of hydrogen-bond acceptors (Lipinski definition) is 5. The van der Waals surface area contributed by atoms with E-state index in [4.69, 9.17) is 12.2 Å². The minimum atomic E-state index is -1.86. The van der Waals surface area contributed by atoms with Gasteiger partial charge in [0.25, 0.3) is 0 Å². The summed E-state index contributed by atoms with van der Waals surface area (Å²) in [5.41, 5.74) is 0. The fourth-order valence-electron chi connectivity index (χ4n) is 2.32. The van der Waals surface area contributed by atoms with E-state index in [0.29, 0.717) is 12.5 Å². The number of ketones is 1. The van der Waals surface area contributed by atoms with E-state index >= 15 is 0 Å². The molecule has 0 saturated carbocycles. The van der Waals surface area contributed by atoms with Crippen molar-refractivity contribution in [2.45, 2.75) is 66.0 Å². The van der Waals surface area contributed by atoms with Gasteiger partial charge in [-0.25, -0.2) is 4.79 Å². The smallest absolute Gasteiger partial charge is 0.338 e. The quantitative estimate of drug-likeness (QED) is 0.459. The molecule has 138 valence electrons. The number of amides is 1. The molecule has 1 heterocycles. The molecule has 0 aromatic rings. The van der Waals surface area contributed by atoms with Crippen molar-refractivity contribution < 1.29 is 26.6 Å². The Morgan fingerprint density at radius 2 is 1.83 bits per heavy atom. The van der Waals surface area contributed by atoms with Crippen molar-refractivity contribution in [1.29, 1.82) is 0 Å². The summed E-state index contributed by atoms with van der Waals surface area (Å²) >= 11 is 0. The third-order valence-electron chi connectivity index (χ3n) is 3.61. The molecule has 1 N–H and O–H groups in total. The normalized spacial score (nSPS) is 22.6. The first kappa shape index (κ1) is 17.4. The second-order valence-corrected chi connectivity index (χ2v) is 6.75. The third kappa shape index (κ3) is 6.99. The average molecular weight is 343 g/mol. The third-order valence-corrected chi connectivity index (χ3v) is 3.61. The summed E-state index contributed by atoms with van der Waals surface area (Å²) in [6.45, 7) is 9.69. The topological polar surface area (TPSA) is 85.0 Å². The van der Waals surface area contributed by atoms with Gasteiger partial charge in [0.15, 0.2) is 18.0 Å². The molecule has 6 nitrogen and oxygen atoms in total. The van der Waals surface area contributed by atoms with Crippen LogP contribution in [0, 0.1) is 17.8 Å². The van der Waals surface area contributed by atoms with Gasteiger partial charge in [-0.1, -0.05) is 27.7 Å². The van der Waals surface area contributed by atoms with Crippen molar-refractivity contribution in [3.8, 4) is 0 Å². The number of ether oxygens (including phenoxy) is 2. The average Bonchev–Trinajstić information content (AvgIpc) is 3.32. The number of Topliss-reactive ketones (excluding diaryl/α,β-unsaturated/α-hetero) is 1. The number of rotatable bonds is 11. The molecule has 24 heavy (non-hydrogen) atoms. The fraction of sp³-hybridized carbons (Fsp3) is 0.833. The Morgan fingerprint density at radius 1 is 1.17 bits per heavy atom. The molecule has 0 aromatic carbocycles. The Labute approximate surface area is 147 Å². The predicted molar refractivity (Wildman–Crippen MR) is 90.3 cm³/mol. The minimum Gasteiger partial charge on any atom is -0.464 e. The summed E-state index contributed by atoms with van der Waals surface area (Å²) in [5, 5.41) is 2.73. The molecule has 1 aliphatic rings. The van der Waals surface area contributed by atoms with Crippen LogP contribution >= 0.6 is 0 Å². The van der Waals surface area contributed by atoms with Crippen molar-refractivity contribution in [3.63, 3.8) is 0 Å². The molecule has 0 aliphatic carbocycles. The lowest BCUT2D eigenvalue weighted by molar-refractivity contribution is -0.144. The van der Waals surface area contributed by atoms with Crippen molar-refractivity contribution in [1.82, 2.24) is 5.32 Å². The highest BCUT2D eigenvalue weighted by molar-refractivity contribution is 5.96. The van der Waals surface area contributed by atoms with Crippen molar-refractivity contribution >= 4 is 17.7 Å². The van der Waals surface area contributed by atoms with E-state index in [1.807, 2.05) is 13.8 Å². The van der Waals surface area contributed by atoms with E-state index in [-0.39, 0.29) is 13.0 Å². The fourth-order valence-corrected chi connectivity index (χ4v) is 2.32. The molecule has 1 aliphatic heterocycles. The van der Waals surface area contributed by atoms with Crippen LogP contribution in [0.1, 0.15) is 56.6 Å². The number of hydrogen-bond donors (Lipinski definition) is 1. The van der Waals surface area contributed by atoms with Crippen LogP contribution in [0.25, 0.3) is 0 Å². The van der Waals surface area contributed by atoms with E-state index in [0.717, 1.165) is 6.42 Å². The van der Waals surface area contributed by atoms with Crippen LogP contribution in [0.4, 0.5) is 0 Å². The Balaban J connectivity index is 2.75. The number of carbonyl (C=O) groups is 3. The zero-order valence-electron chi connectivity index (χ0n) is 17.3.